The average Bonchev–Trinajstić information content (AvgIpc) is 3.13. The number of rotatable bonds is 6. The van der Waals surface area contributed by atoms with Crippen molar-refractivity contribution in [3.05, 3.63) is 47.7 Å². The number of hydrogen-bond acceptors (Lipinski definition) is 7. The minimum atomic E-state index is -2.52. The van der Waals surface area contributed by atoms with Crippen molar-refractivity contribution in [3.8, 4) is 17.1 Å². The Morgan fingerprint density at radius 1 is 1.13 bits per heavy atom. The predicted octanol–water partition coefficient (Wildman–Crippen LogP) is 1.72. The molecule has 11 heteroatoms. The van der Waals surface area contributed by atoms with Crippen LogP contribution in [0, 0.1) is 0 Å². The third-order valence-corrected chi connectivity index (χ3v) is 4.72. The third-order valence-electron chi connectivity index (χ3n) is 4.72. The second-order valence-corrected chi connectivity index (χ2v) is 6.72. The van der Waals surface area contributed by atoms with Crippen LogP contribution in [-0.4, -0.2) is 50.7 Å². The number of hydrogen-bond donors (Lipinski definition) is 1. The standard InChI is InChI=1S/C19H19F2N7O2/c1-27-14(18(25-26-27)12-2-4-13(5-3-12)19(20)21)11-30-17-7-6-15(23-24-17)28-9-8-22-16(29)10-28/h2-7,19H,8-11H2,1H3,(H,22,29). The zero-order valence-electron chi connectivity index (χ0n) is 16.1. The van der Waals surface area contributed by atoms with Gasteiger partial charge >= 0.3 is 0 Å². The molecule has 1 aliphatic heterocycles. The molecule has 4 rings (SSSR count). The van der Waals surface area contributed by atoms with Crippen molar-refractivity contribution >= 4 is 11.7 Å². The Morgan fingerprint density at radius 3 is 2.60 bits per heavy atom. The highest BCUT2D eigenvalue weighted by molar-refractivity contribution is 5.82. The number of ether oxygens (including phenoxy) is 1. The van der Waals surface area contributed by atoms with Crippen LogP contribution >= 0.6 is 0 Å². The molecule has 30 heavy (non-hydrogen) atoms. The molecule has 2 aromatic heterocycles. The molecule has 0 bridgehead atoms. The van der Waals surface area contributed by atoms with Crippen molar-refractivity contribution in [1.29, 1.82) is 0 Å². The maximum absolute atomic E-state index is 12.8. The van der Waals surface area contributed by atoms with E-state index in [1.165, 1.54) is 12.1 Å². The summed E-state index contributed by atoms with van der Waals surface area (Å²) in [6, 6.07) is 9.31. The lowest BCUT2D eigenvalue weighted by Gasteiger charge is -2.26. The number of alkyl halides is 2. The first-order valence-electron chi connectivity index (χ1n) is 9.26. The predicted molar refractivity (Wildman–Crippen MR) is 103 cm³/mol. The van der Waals surface area contributed by atoms with Crippen LogP contribution in [0.15, 0.2) is 36.4 Å². The minimum Gasteiger partial charge on any atom is -0.470 e. The first-order chi connectivity index (χ1) is 14.5. The number of nitrogens with one attached hydrogen (secondary N) is 1. The van der Waals surface area contributed by atoms with Gasteiger partial charge in [0, 0.05) is 37.3 Å². The van der Waals surface area contributed by atoms with Gasteiger partial charge in [-0.3, -0.25) is 4.79 Å². The molecule has 3 heterocycles. The third kappa shape index (κ3) is 4.19. The van der Waals surface area contributed by atoms with Gasteiger partial charge in [0.15, 0.2) is 5.82 Å². The molecule has 1 N–H and O–H groups in total. The minimum absolute atomic E-state index is 0.0537. The van der Waals surface area contributed by atoms with Gasteiger partial charge in [-0.15, -0.1) is 15.3 Å². The van der Waals surface area contributed by atoms with Gasteiger partial charge < -0.3 is 15.0 Å². The number of amides is 1. The number of benzene rings is 1. The van der Waals surface area contributed by atoms with Crippen molar-refractivity contribution in [1.82, 2.24) is 30.5 Å². The Hall–Kier alpha value is -3.63. The lowest BCUT2D eigenvalue weighted by Crippen LogP contribution is -2.48. The summed E-state index contributed by atoms with van der Waals surface area (Å²) in [7, 11) is 1.72. The molecule has 0 aliphatic carbocycles. The van der Waals surface area contributed by atoms with Crippen molar-refractivity contribution in [2.45, 2.75) is 13.0 Å². The topological polar surface area (TPSA) is 98.1 Å². The zero-order valence-corrected chi connectivity index (χ0v) is 16.1. The van der Waals surface area contributed by atoms with Crippen LogP contribution in [0.1, 0.15) is 17.7 Å². The zero-order chi connectivity index (χ0) is 21.1. The van der Waals surface area contributed by atoms with E-state index in [0.29, 0.717) is 41.7 Å². The van der Waals surface area contributed by atoms with Crippen molar-refractivity contribution in [2.24, 2.45) is 7.05 Å². The van der Waals surface area contributed by atoms with E-state index in [4.69, 9.17) is 4.74 Å². The van der Waals surface area contributed by atoms with Crippen LogP contribution in [-0.2, 0) is 18.4 Å². The molecule has 1 fully saturated rings. The maximum Gasteiger partial charge on any atom is 0.263 e. The molecule has 1 saturated heterocycles. The lowest BCUT2D eigenvalue weighted by atomic mass is 10.1. The van der Waals surface area contributed by atoms with E-state index >= 15 is 0 Å². The molecule has 0 atom stereocenters. The summed E-state index contributed by atoms with van der Waals surface area (Å²) in [5, 5.41) is 19.1. The Labute approximate surface area is 170 Å². The van der Waals surface area contributed by atoms with E-state index in [1.807, 2.05) is 4.90 Å². The summed E-state index contributed by atoms with van der Waals surface area (Å²) >= 11 is 0. The Balaban J connectivity index is 1.45. The van der Waals surface area contributed by atoms with Gasteiger partial charge in [0.2, 0.25) is 11.8 Å². The second-order valence-electron chi connectivity index (χ2n) is 6.72. The molecule has 156 valence electrons. The van der Waals surface area contributed by atoms with Gasteiger partial charge in [-0.2, -0.15) is 0 Å². The molecule has 0 spiro atoms. The molecule has 1 aliphatic rings. The smallest absolute Gasteiger partial charge is 0.263 e. The van der Waals surface area contributed by atoms with Crippen molar-refractivity contribution in [2.75, 3.05) is 24.5 Å². The van der Waals surface area contributed by atoms with E-state index in [9.17, 15) is 13.6 Å². The number of carbonyl (C=O) groups excluding carboxylic acids is 1. The van der Waals surface area contributed by atoms with Gasteiger partial charge in [0.1, 0.15) is 18.0 Å². The molecular weight excluding hydrogens is 396 g/mol. The molecule has 1 amide bonds. The van der Waals surface area contributed by atoms with Crippen LogP contribution in [0.4, 0.5) is 14.6 Å². The van der Waals surface area contributed by atoms with E-state index < -0.39 is 6.43 Å². The summed E-state index contributed by atoms with van der Waals surface area (Å²) in [5.41, 5.74) is 1.82. The van der Waals surface area contributed by atoms with E-state index in [2.05, 4.69) is 25.8 Å². The fraction of sp³-hybridized carbons (Fsp3) is 0.316. The summed E-state index contributed by atoms with van der Waals surface area (Å²) in [4.78, 5) is 13.3. The summed E-state index contributed by atoms with van der Waals surface area (Å²) in [6.45, 7) is 1.58. The number of halogens is 2. The summed E-state index contributed by atoms with van der Waals surface area (Å²) in [5.74, 6) is 0.848. The van der Waals surface area contributed by atoms with Gasteiger partial charge in [0.25, 0.3) is 6.43 Å². The number of nitrogens with zero attached hydrogens (tertiary/aromatic N) is 6. The average molecular weight is 415 g/mol. The largest absolute Gasteiger partial charge is 0.470 e. The highest BCUT2D eigenvalue weighted by atomic mass is 19.3. The van der Waals surface area contributed by atoms with Crippen molar-refractivity contribution < 1.29 is 18.3 Å². The number of carbonyl (C=O) groups is 1. The number of anilines is 1. The molecule has 0 unspecified atom stereocenters. The monoisotopic (exact) mass is 415 g/mol. The first-order valence-corrected chi connectivity index (χ1v) is 9.26. The Kier molecular flexibility index (Phi) is 5.50. The van der Waals surface area contributed by atoms with Crippen LogP contribution in [0.25, 0.3) is 11.3 Å². The van der Waals surface area contributed by atoms with Gasteiger partial charge in [-0.1, -0.05) is 29.5 Å². The number of aromatic nitrogens is 5. The van der Waals surface area contributed by atoms with E-state index in [0.717, 1.165) is 0 Å². The molecular formula is C19H19F2N7O2. The van der Waals surface area contributed by atoms with Crippen LogP contribution in [0.5, 0.6) is 5.88 Å². The van der Waals surface area contributed by atoms with Crippen molar-refractivity contribution in [3.63, 3.8) is 0 Å². The van der Waals surface area contributed by atoms with Crippen LogP contribution in [0.3, 0.4) is 0 Å². The summed E-state index contributed by atoms with van der Waals surface area (Å²) < 4.78 is 32.8. The summed E-state index contributed by atoms with van der Waals surface area (Å²) in [6.07, 6.45) is -2.52. The maximum atomic E-state index is 12.8. The highest BCUT2D eigenvalue weighted by Crippen LogP contribution is 2.26. The van der Waals surface area contributed by atoms with Gasteiger partial charge in [0.05, 0.1) is 6.54 Å². The molecule has 9 nitrogen and oxygen atoms in total. The first kappa shape index (κ1) is 19.7. The quantitative estimate of drug-likeness (QED) is 0.655. The van der Waals surface area contributed by atoms with Gasteiger partial charge in [-0.05, 0) is 6.07 Å². The number of aryl methyl sites for hydroxylation is 1. The molecule has 1 aromatic carbocycles. The SMILES string of the molecule is Cn1nnc(-c2ccc(C(F)F)cc2)c1COc1ccc(N2CCNC(=O)C2)nn1. The lowest BCUT2D eigenvalue weighted by molar-refractivity contribution is -0.120. The Bertz CT molecular complexity index is 1020. The molecule has 0 radical (unpaired) electrons. The molecule has 0 saturated carbocycles. The second kappa shape index (κ2) is 8.39. The molecule has 3 aromatic rings. The van der Waals surface area contributed by atoms with Crippen LogP contribution in [0.2, 0.25) is 0 Å². The van der Waals surface area contributed by atoms with Gasteiger partial charge in [-0.25, -0.2) is 13.5 Å². The van der Waals surface area contributed by atoms with E-state index in [1.54, 1.807) is 36.0 Å². The normalized spacial score (nSPS) is 14.1. The fourth-order valence-electron chi connectivity index (χ4n) is 3.08. The highest BCUT2D eigenvalue weighted by Gasteiger charge is 2.18. The number of piperazine rings is 1. The Morgan fingerprint density at radius 2 is 1.93 bits per heavy atom. The fourth-order valence-corrected chi connectivity index (χ4v) is 3.08. The van der Waals surface area contributed by atoms with Crippen LogP contribution < -0.4 is 15.0 Å². The van der Waals surface area contributed by atoms with E-state index in [-0.39, 0.29) is 24.6 Å².